The number of aromatic nitrogens is 5. The van der Waals surface area contributed by atoms with E-state index in [0.29, 0.717) is 22.9 Å². The number of rotatable bonds is 13. The van der Waals surface area contributed by atoms with E-state index in [1.807, 2.05) is 6.07 Å². The van der Waals surface area contributed by atoms with Gasteiger partial charge in [0.25, 0.3) is 5.56 Å². The fraction of sp³-hybridized carbons (Fsp3) is 0.423. The molecule has 38 heavy (non-hydrogen) atoms. The lowest BCUT2D eigenvalue weighted by Crippen LogP contribution is -2.40. The first-order valence-corrected chi connectivity index (χ1v) is 13.2. The number of hydrogen-bond acceptors (Lipinski definition) is 8. The van der Waals surface area contributed by atoms with Crippen LogP contribution in [-0.4, -0.2) is 42.0 Å². The second-order valence-corrected chi connectivity index (χ2v) is 10.3. The molecule has 3 aromatic heterocycles. The molecule has 4 rings (SSSR count). The van der Waals surface area contributed by atoms with Crippen LogP contribution in [0.4, 0.5) is 8.78 Å². The van der Waals surface area contributed by atoms with Crippen LogP contribution in [0, 0.1) is 11.6 Å². The number of esters is 1. The molecule has 1 N–H and O–H groups in total. The monoisotopic (exact) mass is 545 g/mol. The average Bonchev–Trinajstić information content (AvgIpc) is 3.52. The summed E-state index contributed by atoms with van der Waals surface area (Å²) >= 11 is 1.45. The SMILES string of the molecule is CC(=O)OCCCCCCCc1cc2c(=O)n(CC(O)(Cn3cncn3)c3ccc(F)cc3F)cnc2s1. The van der Waals surface area contributed by atoms with Crippen molar-refractivity contribution in [3.05, 3.63) is 75.7 Å². The van der Waals surface area contributed by atoms with E-state index >= 15 is 0 Å². The number of carbonyl (C=O) groups is 1. The van der Waals surface area contributed by atoms with Crippen molar-refractivity contribution in [3.63, 3.8) is 0 Å². The van der Waals surface area contributed by atoms with E-state index in [4.69, 9.17) is 4.74 Å². The molecule has 4 aromatic rings. The summed E-state index contributed by atoms with van der Waals surface area (Å²) < 4.78 is 35.8. The number of aliphatic hydroxyl groups is 1. The minimum absolute atomic E-state index is 0.166. The summed E-state index contributed by atoms with van der Waals surface area (Å²) in [6.07, 6.45) is 9.61. The van der Waals surface area contributed by atoms with Gasteiger partial charge in [0.15, 0.2) is 0 Å². The summed E-state index contributed by atoms with van der Waals surface area (Å²) in [4.78, 5) is 34.0. The van der Waals surface area contributed by atoms with Gasteiger partial charge in [-0.05, 0) is 31.4 Å². The van der Waals surface area contributed by atoms with E-state index in [1.54, 1.807) is 0 Å². The number of benzene rings is 1. The summed E-state index contributed by atoms with van der Waals surface area (Å²) in [5, 5.41) is 16.0. The predicted octanol–water partition coefficient (Wildman–Crippen LogP) is 3.97. The third kappa shape index (κ3) is 6.87. The number of halogens is 2. The van der Waals surface area contributed by atoms with Crippen LogP contribution in [-0.2, 0) is 34.6 Å². The number of thiophene rings is 1. The van der Waals surface area contributed by atoms with E-state index in [-0.39, 0.29) is 30.2 Å². The number of fused-ring (bicyclic) bond motifs is 1. The fourth-order valence-corrected chi connectivity index (χ4v) is 5.37. The lowest BCUT2D eigenvalue weighted by Gasteiger charge is -2.29. The van der Waals surface area contributed by atoms with E-state index in [9.17, 15) is 23.5 Å². The van der Waals surface area contributed by atoms with Crippen molar-refractivity contribution in [2.75, 3.05) is 6.61 Å². The maximum Gasteiger partial charge on any atom is 0.302 e. The lowest BCUT2D eigenvalue weighted by atomic mass is 9.92. The van der Waals surface area contributed by atoms with Crippen LogP contribution in [0.15, 0.2) is 48.0 Å². The zero-order chi connectivity index (χ0) is 27.1. The van der Waals surface area contributed by atoms with Crippen LogP contribution in [0.25, 0.3) is 10.2 Å². The topological polar surface area (TPSA) is 112 Å². The Bertz CT molecular complexity index is 1440. The fourth-order valence-electron chi connectivity index (χ4n) is 4.34. The predicted molar refractivity (Wildman–Crippen MR) is 138 cm³/mol. The molecule has 0 saturated heterocycles. The first-order chi connectivity index (χ1) is 18.2. The Balaban J connectivity index is 1.47. The van der Waals surface area contributed by atoms with Crippen LogP contribution in [0.1, 0.15) is 49.5 Å². The second-order valence-electron chi connectivity index (χ2n) is 9.22. The summed E-state index contributed by atoms with van der Waals surface area (Å²) in [6.45, 7) is 1.32. The van der Waals surface area contributed by atoms with Crippen LogP contribution in [0.3, 0.4) is 0 Å². The van der Waals surface area contributed by atoms with Gasteiger partial charge in [0.2, 0.25) is 0 Å². The Morgan fingerprint density at radius 2 is 1.89 bits per heavy atom. The Kier molecular flexibility index (Phi) is 8.95. The maximum absolute atomic E-state index is 14.7. The second kappa shape index (κ2) is 12.4. The quantitative estimate of drug-likeness (QED) is 0.200. The third-order valence-corrected chi connectivity index (χ3v) is 7.30. The van der Waals surface area contributed by atoms with Crippen molar-refractivity contribution < 1.29 is 23.4 Å². The molecule has 1 aromatic carbocycles. The molecular weight excluding hydrogens is 516 g/mol. The van der Waals surface area contributed by atoms with Gasteiger partial charge in [0.1, 0.15) is 34.7 Å². The first kappa shape index (κ1) is 27.5. The van der Waals surface area contributed by atoms with Gasteiger partial charge in [-0.1, -0.05) is 25.3 Å². The van der Waals surface area contributed by atoms with Crippen molar-refractivity contribution in [2.24, 2.45) is 0 Å². The summed E-state index contributed by atoms with van der Waals surface area (Å²) in [6, 6.07) is 4.73. The van der Waals surface area contributed by atoms with E-state index < -0.39 is 17.2 Å². The summed E-state index contributed by atoms with van der Waals surface area (Å²) in [7, 11) is 0. The molecule has 0 aliphatic rings. The molecule has 0 amide bonds. The zero-order valence-electron chi connectivity index (χ0n) is 21.0. The summed E-state index contributed by atoms with van der Waals surface area (Å²) in [5.74, 6) is -1.97. The summed E-state index contributed by atoms with van der Waals surface area (Å²) in [5.41, 5.74) is -2.46. The maximum atomic E-state index is 14.7. The minimum Gasteiger partial charge on any atom is -0.466 e. The molecular formula is C26H29F2N5O4S. The molecule has 0 aliphatic heterocycles. The van der Waals surface area contributed by atoms with Crippen LogP contribution < -0.4 is 5.56 Å². The van der Waals surface area contributed by atoms with Crippen LogP contribution in [0.5, 0.6) is 0 Å². The third-order valence-electron chi connectivity index (χ3n) is 6.20. The first-order valence-electron chi connectivity index (χ1n) is 12.4. The van der Waals surface area contributed by atoms with Gasteiger partial charge in [0.05, 0.1) is 31.4 Å². The zero-order valence-corrected chi connectivity index (χ0v) is 21.8. The van der Waals surface area contributed by atoms with Crippen LogP contribution in [0.2, 0.25) is 0 Å². The van der Waals surface area contributed by atoms with E-state index in [1.165, 1.54) is 46.5 Å². The Morgan fingerprint density at radius 1 is 1.11 bits per heavy atom. The Labute approximate surface area is 221 Å². The molecule has 12 heteroatoms. The van der Waals surface area contributed by atoms with Crippen molar-refractivity contribution >= 4 is 27.5 Å². The van der Waals surface area contributed by atoms with Crippen molar-refractivity contribution in [1.82, 2.24) is 24.3 Å². The van der Waals surface area contributed by atoms with Gasteiger partial charge < -0.3 is 9.84 Å². The number of carbonyl (C=O) groups excluding carboxylic acids is 1. The van der Waals surface area contributed by atoms with Crippen molar-refractivity contribution in [2.45, 2.75) is 64.1 Å². The molecule has 0 radical (unpaired) electrons. The number of hydrogen-bond donors (Lipinski definition) is 1. The molecule has 0 aliphatic carbocycles. The van der Waals surface area contributed by atoms with Crippen molar-refractivity contribution in [3.8, 4) is 0 Å². The molecule has 202 valence electrons. The minimum atomic E-state index is -1.93. The van der Waals surface area contributed by atoms with Gasteiger partial charge in [-0.25, -0.2) is 23.4 Å². The molecule has 0 saturated carbocycles. The standard InChI is InChI=1S/C26H29F2N5O4S/c1-18(34)37-10-6-4-2-3-5-7-20-12-21-24(38-20)30-17-32(25(21)35)13-26(36,14-33-16-29-15-31-33)22-9-8-19(27)11-23(22)28/h8-9,11-12,15-17,36H,2-7,10,13-14H2,1H3. The molecule has 1 unspecified atom stereocenters. The van der Waals surface area contributed by atoms with Gasteiger partial charge >= 0.3 is 5.97 Å². The largest absolute Gasteiger partial charge is 0.466 e. The lowest BCUT2D eigenvalue weighted by molar-refractivity contribution is -0.141. The van der Waals surface area contributed by atoms with Crippen molar-refractivity contribution in [1.29, 1.82) is 0 Å². The highest BCUT2D eigenvalue weighted by molar-refractivity contribution is 7.18. The van der Waals surface area contributed by atoms with Gasteiger partial charge in [-0.15, -0.1) is 11.3 Å². The number of aryl methyl sites for hydroxylation is 1. The van der Waals surface area contributed by atoms with E-state index in [0.717, 1.165) is 55.5 Å². The average molecular weight is 546 g/mol. The highest BCUT2D eigenvalue weighted by atomic mass is 32.1. The van der Waals surface area contributed by atoms with Gasteiger partial charge in [-0.2, -0.15) is 5.10 Å². The van der Waals surface area contributed by atoms with Gasteiger partial charge in [-0.3, -0.25) is 14.2 Å². The highest BCUT2D eigenvalue weighted by Crippen LogP contribution is 2.29. The normalized spacial score (nSPS) is 13.1. The number of ether oxygens (including phenoxy) is 1. The number of unbranched alkanes of at least 4 members (excludes halogenated alkanes) is 4. The molecule has 0 bridgehead atoms. The Morgan fingerprint density at radius 3 is 2.63 bits per heavy atom. The molecule has 9 nitrogen and oxygen atoms in total. The molecule has 3 heterocycles. The molecule has 0 spiro atoms. The smallest absolute Gasteiger partial charge is 0.302 e. The van der Waals surface area contributed by atoms with Crippen LogP contribution >= 0.6 is 11.3 Å². The molecule has 1 atom stereocenters. The van der Waals surface area contributed by atoms with Gasteiger partial charge in [0, 0.05) is 23.4 Å². The molecule has 0 fully saturated rings. The number of nitrogens with zero attached hydrogens (tertiary/aromatic N) is 5. The van der Waals surface area contributed by atoms with E-state index in [2.05, 4.69) is 15.1 Å². The highest BCUT2D eigenvalue weighted by Gasteiger charge is 2.35. The Hall–Kier alpha value is -3.51.